The van der Waals surface area contributed by atoms with Crippen LogP contribution in [0.2, 0.25) is 5.02 Å². The van der Waals surface area contributed by atoms with E-state index in [1.807, 2.05) is 6.92 Å². The van der Waals surface area contributed by atoms with Gasteiger partial charge >= 0.3 is 0 Å². The van der Waals surface area contributed by atoms with Crippen molar-refractivity contribution in [1.29, 1.82) is 0 Å². The molecule has 2 heterocycles. The van der Waals surface area contributed by atoms with Crippen LogP contribution in [0.25, 0.3) is 17.1 Å². The third-order valence-electron chi connectivity index (χ3n) is 3.80. The molecule has 0 spiro atoms. The van der Waals surface area contributed by atoms with Gasteiger partial charge in [0.05, 0.1) is 40.8 Å². The fourth-order valence-corrected chi connectivity index (χ4v) is 2.91. The lowest BCUT2D eigenvalue weighted by atomic mass is 10.1. The molecule has 0 saturated heterocycles. The van der Waals surface area contributed by atoms with Gasteiger partial charge in [0.2, 0.25) is 0 Å². The standard InChI is InChI=1S/C16H15ClF2N4O/c1-9-15(10(2)23(21-9)7-8-24)22-6-5-20-16(22)13-12(18)4-3-11(17)14(13)19/h3-6,24H,7-8H2,1-2H3. The summed E-state index contributed by atoms with van der Waals surface area (Å²) >= 11 is 5.79. The van der Waals surface area contributed by atoms with E-state index in [1.54, 1.807) is 22.4 Å². The molecule has 0 radical (unpaired) electrons. The summed E-state index contributed by atoms with van der Waals surface area (Å²) in [6, 6.07) is 2.27. The van der Waals surface area contributed by atoms with Gasteiger partial charge in [0.25, 0.3) is 0 Å². The Morgan fingerprint density at radius 3 is 2.71 bits per heavy atom. The second-order valence-corrected chi connectivity index (χ2v) is 5.71. The van der Waals surface area contributed by atoms with E-state index in [0.717, 1.165) is 11.8 Å². The Balaban J connectivity index is 2.22. The normalized spacial score (nSPS) is 11.2. The molecule has 0 aliphatic rings. The summed E-state index contributed by atoms with van der Waals surface area (Å²) < 4.78 is 31.8. The minimum atomic E-state index is -0.859. The molecule has 0 amide bonds. The molecule has 1 aromatic carbocycles. The van der Waals surface area contributed by atoms with Gasteiger partial charge in [0.1, 0.15) is 5.82 Å². The Kier molecular flexibility index (Phi) is 4.38. The second-order valence-electron chi connectivity index (χ2n) is 5.31. The zero-order chi connectivity index (χ0) is 17.4. The van der Waals surface area contributed by atoms with Crippen molar-refractivity contribution in [3.05, 3.63) is 52.6 Å². The molecular formula is C16H15ClF2N4O. The molecule has 126 valence electrons. The highest BCUT2D eigenvalue weighted by Crippen LogP contribution is 2.32. The lowest BCUT2D eigenvalue weighted by molar-refractivity contribution is 0.268. The molecule has 0 saturated carbocycles. The van der Waals surface area contributed by atoms with E-state index in [1.165, 1.54) is 12.3 Å². The zero-order valence-electron chi connectivity index (χ0n) is 13.1. The fraction of sp³-hybridized carbons (Fsp3) is 0.250. The van der Waals surface area contributed by atoms with Crippen molar-refractivity contribution in [2.45, 2.75) is 20.4 Å². The quantitative estimate of drug-likeness (QED) is 0.733. The van der Waals surface area contributed by atoms with Crippen molar-refractivity contribution in [2.24, 2.45) is 0 Å². The number of aliphatic hydroxyl groups is 1. The number of aromatic nitrogens is 4. The summed E-state index contributed by atoms with van der Waals surface area (Å²) in [5.41, 5.74) is 1.78. The first-order chi connectivity index (χ1) is 11.5. The first-order valence-corrected chi connectivity index (χ1v) is 7.66. The minimum absolute atomic E-state index is 0.0598. The smallest absolute Gasteiger partial charge is 0.155 e. The highest BCUT2D eigenvalue weighted by Gasteiger charge is 2.22. The summed E-state index contributed by atoms with van der Waals surface area (Å²) in [7, 11) is 0. The Bertz CT molecular complexity index is 904. The average molecular weight is 353 g/mol. The Morgan fingerprint density at radius 2 is 2.00 bits per heavy atom. The number of imidazole rings is 1. The third kappa shape index (κ3) is 2.59. The SMILES string of the molecule is Cc1nn(CCO)c(C)c1-n1ccnc1-c1c(F)ccc(Cl)c1F. The minimum Gasteiger partial charge on any atom is -0.394 e. The highest BCUT2D eigenvalue weighted by molar-refractivity contribution is 6.31. The van der Waals surface area contributed by atoms with E-state index in [4.69, 9.17) is 16.7 Å². The van der Waals surface area contributed by atoms with Crippen LogP contribution in [0, 0.1) is 25.5 Å². The summed E-state index contributed by atoms with van der Waals surface area (Å²) in [5.74, 6) is -1.51. The molecule has 3 rings (SSSR count). The van der Waals surface area contributed by atoms with Crippen LogP contribution in [0.4, 0.5) is 8.78 Å². The number of aliphatic hydroxyl groups excluding tert-OH is 1. The third-order valence-corrected chi connectivity index (χ3v) is 4.10. The van der Waals surface area contributed by atoms with Crippen LogP contribution in [0.3, 0.4) is 0 Å². The maximum atomic E-state index is 14.4. The van der Waals surface area contributed by atoms with Gasteiger partial charge in [-0.05, 0) is 26.0 Å². The van der Waals surface area contributed by atoms with Gasteiger partial charge in [0.15, 0.2) is 11.6 Å². The molecule has 8 heteroatoms. The molecule has 2 aromatic heterocycles. The van der Waals surface area contributed by atoms with Gasteiger partial charge < -0.3 is 5.11 Å². The van der Waals surface area contributed by atoms with Gasteiger partial charge in [-0.3, -0.25) is 9.25 Å². The first-order valence-electron chi connectivity index (χ1n) is 7.28. The number of nitrogens with zero attached hydrogens (tertiary/aromatic N) is 4. The van der Waals surface area contributed by atoms with Gasteiger partial charge in [-0.15, -0.1) is 0 Å². The van der Waals surface area contributed by atoms with E-state index in [0.29, 0.717) is 17.9 Å². The van der Waals surface area contributed by atoms with Crippen LogP contribution in [-0.4, -0.2) is 31.0 Å². The molecule has 0 aliphatic heterocycles. The maximum Gasteiger partial charge on any atom is 0.155 e. The average Bonchev–Trinajstić information content (AvgIpc) is 3.09. The van der Waals surface area contributed by atoms with Gasteiger partial charge in [-0.25, -0.2) is 13.8 Å². The lowest BCUT2D eigenvalue weighted by Gasteiger charge is -2.11. The van der Waals surface area contributed by atoms with Crippen LogP contribution in [0.5, 0.6) is 0 Å². The molecule has 5 nitrogen and oxygen atoms in total. The number of hydrogen-bond acceptors (Lipinski definition) is 3. The largest absolute Gasteiger partial charge is 0.394 e. The van der Waals surface area contributed by atoms with Crippen LogP contribution in [-0.2, 0) is 6.54 Å². The Hall–Kier alpha value is -2.25. The number of aryl methyl sites for hydroxylation is 1. The van der Waals surface area contributed by atoms with Gasteiger partial charge in [-0.2, -0.15) is 5.10 Å². The Labute approximate surface area is 142 Å². The molecule has 0 fully saturated rings. The molecule has 24 heavy (non-hydrogen) atoms. The summed E-state index contributed by atoms with van der Waals surface area (Å²) in [4.78, 5) is 4.10. The van der Waals surface area contributed by atoms with Crippen LogP contribution in [0.15, 0.2) is 24.5 Å². The number of hydrogen-bond donors (Lipinski definition) is 1. The van der Waals surface area contributed by atoms with Gasteiger partial charge in [0, 0.05) is 12.4 Å². The second kappa shape index (κ2) is 6.33. The van der Waals surface area contributed by atoms with Crippen molar-refractivity contribution in [1.82, 2.24) is 19.3 Å². The molecule has 0 bridgehead atoms. The van der Waals surface area contributed by atoms with E-state index in [9.17, 15) is 8.78 Å². The van der Waals surface area contributed by atoms with Gasteiger partial charge in [-0.1, -0.05) is 11.6 Å². The van der Waals surface area contributed by atoms with E-state index >= 15 is 0 Å². The van der Waals surface area contributed by atoms with Crippen molar-refractivity contribution in [3.8, 4) is 17.1 Å². The predicted molar refractivity (Wildman–Crippen MR) is 86.3 cm³/mol. The van der Waals surface area contributed by atoms with Crippen molar-refractivity contribution < 1.29 is 13.9 Å². The summed E-state index contributed by atoms with van der Waals surface area (Å²) in [6.07, 6.45) is 3.06. The van der Waals surface area contributed by atoms with Crippen molar-refractivity contribution in [2.75, 3.05) is 6.61 Å². The number of halogens is 3. The monoisotopic (exact) mass is 352 g/mol. The fourth-order valence-electron chi connectivity index (χ4n) is 2.75. The van der Waals surface area contributed by atoms with E-state index < -0.39 is 11.6 Å². The van der Waals surface area contributed by atoms with Crippen LogP contribution in [0.1, 0.15) is 11.4 Å². The predicted octanol–water partition coefficient (Wildman–Crippen LogP) is 3.28. The van der Waals surface area contributed by atoms with Crippen LogP contribution >= 0.6 is 11.6 Å². The molecular weight excluding hydrogens is 338 g/mol. The Morgan fingerprint density at radius 1 is 1.25 bits per heavy atom. The lowest BCUT2D eigenvalue weighted by Crippen LogP contribution is -2.07. The highest BCUT2D eigenvalue weighted by atomic mass is 35.5. The zero-order valence-corrected chi connectivity index (χ0v) is 13.8. The number of benzene rings is 1. The molecule has 3 aromatic rings. The van der Waals surface area contributed by atoms with Crippen LogP contribution < -0.4 is 0 Å². The summed E-state index contributed by atoms with van der Waals surface area (Å²) in [5, 5.41) is 13.3. The van der Waals surface area contributed by atoms with E-state index in [-0.39, 0.29) is 23.0 Å². The maximum absolute atomic E-state index is 14.4. The molecule has 1 N–H and O–H groups in total. The van der Waals surface area contributed by atoms with Crippen molar-refractivity contribution >= 4 is 11.6 Å². The molecule has 0 aliphatic carbocycles. The molecule has 0 atom stereocenters. The van der Waals surface area contributed by atoms with Crippen molar-refractivity contribution in [3.63, 3.8) is 0 Å². The first kappa shape index (κ1) is 16.6. The van der Waals surface area contributed by atoms with E-state index in [2.05, 4.69) is 10.1 Å². The summed E-state index contributed by atoms with van der Waals surface area (Å²) in [6.45, 7) is 3.87. The topological polar surface area (TPSA) is 55.9 Å². The number of rotatable bonds is 4. The molecule has 0 unspecified atom stereocenters.